The fourth-order valence-corrected chi connectivity index (χ4v) is 4.32. The van der Waals surface area contributed by atoms with Crippen LogP contribution in [0.5, 0.6) is 0 Å². The molecule has 8 heteroatoms. The molecule has 0 radical (unpaired) electrons. The summed E-state index contributed by atoms with van der Waals surface area (Å²) in [5, 5.41) is 19.3. The SMILES string of the molecule is Cn1c(=Nc2ccc(C(C)(C)C)cc2)n(Cc2ccc(CO)cc2)c2cc(C(F)(F)F)cc(CO)c21. The molecule has 0 saturated carbocycles. The van der Waals surface area contributed by atoms with Crippen molar-refractivity contribution >= 4 is 16.7 Å². The van der Waals surface area contributed by atoms with Crippen molar-refractivity contribution < 1.29 is 23.4 Å². The first kappa shape index (κ1) is 25.7. The van der Waals surface area contributed by atoms with Gasteiger partial charge in [0.25, 0.3) is 0 Å². The number of nitrogens with zero attached hydrogens (tertiary/aromatic N) is 3. The van der Waals surface area contributed by atoms with Crippen LogP contribution in [0.25, 0.3) is 11.0 Å². The normalized spacial score (nSPS) is 13.1. The first-order valence-electron chi connectivity index (χ1n) is 11.7. The Morgan fingerprint density at radius 1 is 0.806 bits per heavy atom. The summed E-state index contributed by atoms with van der Waals surface area (Å²) >= 11 is 0. The van der Waals surface area contributed by atoms with Gasteiger partial charge in [-0.1, -0.05) is 57.2 Å². The summed E-state index contributed by atoms with van der Waals surface area (Å²) in [7, 11) is 1.74. The fraction of sp³-hybridized carbons (Fsp3) is 0.321. The summed E-state index contributed by atoms with van der Waals surface area (Å²) in [6, 6.07) is 17.1. The molecule has 4 rings (SSSR count). The average Bonchev–Trinajstić information content (AvgIpc) is 3.09. The zero-order valence-corrected chi connectivity index (χ0v) is 20.8. The van der Waals surface area contributed by atoms with Crippen LogP contribution < -0.4 is 5.62 Å². The molecule has 0 spiro atoms. The van der Waals surface area contributed by atoms with Crippen molar-refractivity contribution in [3.05, 3.63) is 94.1 Å². The van der Waals surface area contributed by atoms with Crippen LogP contribution in [0.1, 0.15) is 48.6 Å². The molecule has 1 aromatic heterocycles. The predicted octanol–water partition coefficient (Wildman–Crippen LogP) is 5.56. The van der Waals surface area contributed by atoms with Crippen molar-refractivity contribution in [1.82, 2.24) is 9.13 Å². The number of imidazole rings is 1. The number of hydrogen-bond donors (Lipinski definition) is 2. The minimum Gasteiger partial charge on any atom is -0.392 e. The molecule has 0 unspecified atom stereocenters. The smallest absolute Gasteiger partial charge is 0.392 e. The van der Waals surface area contributed by atoms with Crippen molar-refractivity contribution in [1.29, 1.82) is 0 Å². The molecule has 0 saturated heterocycles. The van der Waals surface area contributed by atoms with Crippen LogP contribution in [-0.4, -0.2) is 19.3 Å². The van der Waals surface area contributed by atoms with E-state index < -0.39 is 18.3 Å². The molecule has 1 heterocycles. The zero-order valence-electron chi connectivity index (χ0n) is 20.8. The lowest BCUT2D eigenvalue weighted by atomic mass is 9.87. The first-order valence-corrected chi connectivity index (χ1v) is 11.7. The third kappa shape index (κ3) is 5.10. The van der Waals surface area contributed by atoms with Gasteiger partial charge in [-0.05, 0) is 46.4 Å². The largest absolute Gasteiger partial charge is 0.416 e. The van der Waals surface area contributed by atoms with Crippen molar-refractivity contribution in [2.45, 2.75) is 52.1 Å². The van der Waals surface area contributed by atoms with Gasteiger partial charge in [0.05, 0.1) is 42.0 Å². The second-order valence-electron chi connectivity index (χ2n) is 9.99. The standard InChI is InChI=1S/C28H30F3N3O2/c1-27(2,3)21-9-11-23(12-10-21)32-26-33(4)25-20(17-36)13-22(28(29,30)31)14-24(25)34(26)15-18-5-7-19(16-35)8-6-18/h5-14,35-36H,15-17H2,1-4H3. The van der Waals surface area contributed by atoms with Crippen molar-refractivity contribution in [2.24, 2.45) is 12.0 Å². The lowest BCUT2D eigenvalue weighted by Gasteiger charge is -2.18. The van der Waals surface area contributed by atoms with Crippen LogP contribution in [0.2, 0.25) is 0 Å². The highest BCUT2D eigenvalue weighted by Crippen LogP contribution is 2.33. The molecular formula is C28H30F3N3O2. The fourth-order valence-electron chi connectivity index (χ4n) is 4.32. The van der Waals surface area contributed by atoms with E-state index in [1.165, 1.54) is 0 Å². The van der Waals surface area contributed by atoms with Crippen LogP contribution in [0.4, 0.5) is 18.9 Å². The van der Waals surface area contributed by atoms with E-state index in [0.29, 0.717) is 22.3 Å². The molecule has 0 amide bonds. The monoisotopic (exact) mass is 497 g/mol. The third-order valence-electron chi connectivity index (χ3n) is 6.34. The van der Waals surface area contributed by atoms with E-state index in [1.54, 1.807) is 28.3 Å². The zero-order chi connectivity index (χ0) is 26.3. The summed E-state index contributed by atoms with van der Waals surface area (Å²) in [5.74, 6) is 0. The summed E-state index contributed by atoms with van der Waals surface area (Å²) < 4.78 is 44.6. The number of aryl methyl sites for hydroxylation is 1. The van der Waals surface area contributed by atoms with E-state index in [4.69, 9.17) is 4.99 Å². The maximum Gasteiger partial charge on any atom is 0.416 e. The highest BCUT2D eigenvalue weighted by atomic mass is 19.4. The number of aliphatic hydroxyl groups is 2. The predicted molar refractivity (Wildman–Crippen MR) is 134 cm³/mol. The van der Waals surface area contributed by atoms with Gasteiger partial charge < -0.3 is 19.3 Å². The molecule has 0 fully saturated rings. The van der Waals surface area contributed by atoms with E-state index in [2.05, 4.69) is 20.8 Å². The second-order valence-corrected chi connectivity index (χ2v) is 9.99. The highest BCUT2D eigenvalue weighted by Gasteiger charge is 2.32. The Bertz CT molecular complexity index is 1440. The molecule has 2 N–H and O–H groups in total. The summed E-state index contributed by atoms with van der Waals surface area (Å²) in [6.45, 7) is 5.98. The van der Waals surface area contributed by atoms with Gasteiger partial charge in [0.1, 0.15) is 0 Å². The lowest BCUT2D eigenvalue weighted by Crippen LogP contribution is -2.24. The Kier molecular flexibility index (Phi) is 6.86. The van der Waals surface area contributed by atoms with Crippen LogP contribution in [-0.2, 0) is 38.4 Å². The number of aromatic nitrogens is 2. The molecule has 0 aliphatic rings. The molecular weight excluding hydrogens is 467 g/mol. The number of fused-ring (bicyclic) bond motifs is 1. The van der Waals surface area contributed by atoms with Crippen molar-refractivity contribution in [3.8, 4) is 0 Å². The maximum absolute atomic E-state index is 13.7. The Labute approximate surface area is 207 Å². The molecule has 3 aromatic carbocycles. The number of benzene rings is 3. The average molecular weight is 498 g/mol. The molecule has 4 aromatic rings. The van der Waals surface area contributed by atoms with Gasteiger partial charge in [-0.3, -0.25) is 0 Å². The van der Waals surface area contributed by atoms with Gasteiger partial charge in [-0.15, -0.1) is 0 Å². The van der Waals surface area contributed by atoms with Crippen LogP contribution in [0.15, 0.2) is 65.7 Å². The van der Waals surface area contributed by atoms with E-state index >= 15 is 0 Å². The quantitative estimate of drug-likeness (QED) is 0.379. The molecule has 0 bridgehead atoms. The molecule has 190 valence electrons. The summed E-state index contributed by atoms with van der Waals surface area (Å²) in [5.41, 5.74) is 3.99. The van der Waals surface area contributed by atoms with Crippen LogP contribution >= 0.6 is 0 Å². The highest BCUT2D eigenvalue weighted by molar-refractivity contribution is 5.81. The number of hydrogen-bond acceptors (Lipinski definition) is 3. The van der Waals surface area contributed by atoms with Crippen molar-refractivity contribution in [3.63, 3.8) is 0 Å². The molecule has 5 nitrogen and oxygen atoms in total. The number of halogens is 3. The van der Waals surface area contributed by atoms with Crippen LogP contribution in [0.3, 0.4) is 0 Å². The van der Waals surface area contributed by atoms with E-state index in [-0.39, 0.29) is 24.1 Å². The third-order valence-corrected chi connectivity index (χ3v) is 6.34. The molecule has 0 aliphatic carbocycles. The Morgan fingerprint density at radius 2 is 1.42 bits per heavy atom. The van der Waals surface area contributed by atoms with Crippen molar-refractivity contribution in [2.75, 3.05) is 0 Å². The van der Waals surface area contributed by atoms with Gasteiger partial charge in [0.15, 0.2) is 0 Å². The van der Waals surface area contributed by atoms with Gasteiger partial charge in [-0.2, -0.15) is 13.2 Å². The Balaban J connectivity index is 1.98. The lowest BCUT2D eigenvalue weighted by molar-refractivity contribution is -0.137. The first-order chi connectivity index (χ1) is 16.9. The van der Waals surface area contributed by atoms with Gasteiger partial charge >= 0.3 is 6.18 Å². The Hall–Kier alpha value is -3.36. The number of aliphatic hydroxyl groups excluding tert-OH is 2. The maximum atomic E-state index is 13.7. The molecule has 36 heavy (non-hydrogen) atoms. The summed E-state index contributed by atoms with van der Waals surface area (Å²) in [6.07, 6.45) is -4.56. The van der Waals surface area contributed by atoms with E-state index in [1.807, 2.05) is 36.4 Å². The van der Waals surface area contributed by atoms with E-state index in [9.17, 15) is 23.4 Å². The minimum atomic E-state index is -4.56. The molecule has 0 aliphatic heterocycles. The number of rotatable bonds is 5. The summed E-state index contributed by atoms with van der Waals surface area (Å²) in [4.78, 5) is 4.82. The number of alkyl halides is 3. The van der Waals surface area contributed by atoms with Crippen LogP contribution in [0, 0.1) is 0 Å². The van der Waals surface area contributed by atoms with Gasteiger partial charge in [-0.25, -0.2) is 4.99 Å². The van der Waals surface area contributed by atoms with Gasteiger partial charge in [0.2, 0.25) is 5.62 Å². The van der Waals surface area contributed by atoms with E-state index in [0.717, 1.165) is 28.8 Å². The minimum absolute atomic E-state index is 0.0250. The second kappa shape index (κ2) is 9.59. The Morgan fingerprint density at radius 3 is 1.94 bits per heavy atom. The topological polar surface area (TPSA) is 62.7 Å². The molecule has 0 atom stereocenters. The van der Waals surface area contributed by atoms with Gasteiger partial charge in [0, 0.05) is 12.6 Å².